The van der Waals surface area contributed by atoms with Gasteiger partial charge in [0, 0.05) is 11.6 Å². The predicted octanol–water partition coefficient (Wildman–Crippen LogP) is 3.91. The van der Waals surface area contributed by atoms with E-state index in [1.165, 1.54) is 35.6 Å². The van der Waals surface area contributed by atoms with E-state index in [9.17, 15) is 0 Å². The van der Waals surface area contributed by atoms with Gasteiger partial charge in [-0.3, -0.25) is 0 Å². The van der Waals surface area contributed by atoms with Crippen molar-refractivity contribution < 1.29 is 4.74 Å². The van der Waals surface area contributed by atoms with Gasteiger partial charge in [-0.1, -0.05) is 43.2 Å². The summed E-state index contributed by atoms with van der Waals surface area (Å²) in [7, 11) is 1.76. The molecule has 2 aromatic carbocycles. The summed E-state index contributed by atoms with van der Waals surface area (Å²) in [5, 5.41) is 2.59. The maximum absolute atomic E-state index is 6.32. The lowest BCUT2D eigenvalue weighted by Gasteiger charge is -2.29. The monoisotopic (exact) mass is 269 g/mol. The fourth-order valence-electron chi connectivity index (χ4n) is 3.47. The molecule has 0 spiro atoms. The molecule has 0 heterocycles. The first-order valence-corrected chi connectivity index (χ1v) is 7.60. The highest BCUT2D eigenvalue weighted by molar-refractivity contribution is 5.87. The molecule has 0 bridgehead atoms. The molecule has 2 N–H and O–H groups in total. The van der Waals surface area contributed by atoms with Crippen molar-refractivity contribution in [3.8, 4) is 5.75 Å². The Balaban J connectivity index is 2.00. The lowest BCUT2D eigenvalue weighted by Crippen LogP contribution is -2.34. The second-order valence-corrected chi connectivity index (χ2v) is 5.88. The molecule has 1 saturated carbocycles. The fourth-order valence-corrected chi connectivity index (χ4v) is 3.47. The quantitative estimate of drug-likeness (QED) is 0.917. The van der Waals surface area contributed by atoms with Crippen LogP contribution in [0.25, 0.3) is 10.8 Å². The molecule has 106 valence electrons. The molecule has 2 aromatic rings. The topological polar surface area (TPSA) is 35.2 Å². The Bertz CT molecular complexity index is 593. The normalized spacial score (nSPS) is 22.9. The number of fused-ring (bicyclic) bond motifs is 1. The number of nitrogens with two attached hydrogens (primary N) is 1. The summed E-state index contributed by atoms with van der Waals surface area (Å²) in [6.45, 7) is 0. The Labute approximate surface area is 120 Å². The van der Waals surface area contributed by atoms with Crippen LogP contribution in [0.15, 0.2) is 36.4 Å². The molecule has 2 nitrogen and oxygen atoms in total. The Morgan fingerprint density at radius 2 is 1.90 bits per heavy atom. The fraction of sp³-hybridized carbons (Fsp3) is 0.444. The van der Waals surface area contributed by atoms with Gasteiger partial charge in [-0.05, 0) is 42.0 Å². The van der Waals surface area contributed by atoms with Gasteiger partial charge in [-0.2, -0.15) is 0 Å². The molecule has 1 aliphatic rings. The standard InChI is InChI=1S/C18H23NO/c1-20-18-11-10-13-6-2-4-8-15(13)16(18)12-14-7-3-5-9-17(14)19/h2,4,6,8,10-11,14,17H,3,5,7,9,12,19H2,1H3. The van der Waals surface area contributed by atoms with Crippen LogP contribution in [0.5, 0.6) is 5.75 Å². The van der Waals surface area contributed by atoms with Crippen molar-refractivity contribution in [3.63, 3.8) is 0 Å². The van der Waals surface area contributed by atoms with Crippen molar-refractivity contribution in [1.82, 2.24) is 0 Å². The predicted molar refractivity (Wildman–Crippen MR) is 84.1 cm³/mol. The molecule has 2 atom stereocenters. The first kappa shape index (κ1) is 13.4. The van der Waals surface area contributed by atoms with E-state index in [-0.39, 0.29) is 0 Å². The summed E-state index contributed by atoms with van der Waals surface area (Å²) in [6, 6.07) is 13.1. The first-order chi connectivity index (χ1) is 9.79. The molecule has 1 aliphatic carbocycles. The maximum atomic E-state index is 6.32. The minimum absolute atomic E-state index is 0.340. The summed E-state index contributed by atoms with van der Waals surface area (Å²) < 4.78 is 5.59. The van der Waals surface area contributed by atoms with Gasteiger partial charge in [0.2, 0.25) is 0 Å². The number of benzene rings is 2. The van der Waals surface area contributed by atoms with Crippen molar-refractivity contribution >= 4 is 10.8 Å². The highest BCUT2D eigenvalue weighted by atomic mass is 16.5. The van der Waals surface area contributed by atoms with Gasteiger partial charge in [0.25, 0.3) is 0 Å². The van der Waals surface area contributed by atoms with Gasteiger partial charge in [-0.25, -0.2) is 0 Å². The highest BCUT2D eigenvalue weighted by Gasteiger charge is 2.24. The van der Waals surface area contributed by atoms with E-state index >= 15 is 0 Å². The first-order valence-electron chi connectivity index (χ1n) is 7.60. The van der Waals surface area contributed by atoms with Gasteiger partial charge in [0.15, 0.2) is 0 Å². The summed E-state index contributed by atoms with van der Waals surface area (Å²) in [5.41, 5.74) is 7.65. The Kier molecular flexibility index (Phi) is 3.93. The minimum atomic E-state index is 0.340. The molecule has 0 aliphatic heterocycles. The van der Waals surface area contributed by atoms with E-state index in [1.807, 2.05) is 0 Å². The van der Waals surface area contributed by atoms with E-state index in [1.54, 1.807) is 7.11 Å². The zero-order valence-corrected chi connectivity index (χ0v) is 12.1. The van der Waals surface area contributed by atoms with Crippen LogP contribution in [-0.4, -0.2) is 13.2 Å². The zero-order valence-electron chi connectivity index (χ0n) is 12.1. The van der Waals surface area contributed by atoms with Crippen LogP contribution < -0.4 is 10.5 Å². The maximum Gasteiger partial charge on any atom is 0.122 e. The number of methoxy groups -OCH3 is 1. The van der Waals surface area contributed by atoms with Crippen molar-refractivity contribution in [2.75, 3.05) is 7.11 Å². The van der Waals surface area contributed by atoms with Crippen molar-refractivity contribution in [2.45, 2.75) is 38.1 Å². The minimum Gasteiger partial charge on any atom is -0.496 e. The number of rotatable bonds is 3. The van der Waals surface area contributed by atoms with Crippen LogP contribution in [-0.2, 0) is 6.42 Å². The number of hydrogen-bond acceptors (Lipinski definition) is 2. The molecule has 0 amide bonds. The number of hydrogen-bond donors (Lipinski definition) is 1. The molecular formula is C18H23NO. The number of ether oxygens (including phenoxy) is 1. The van der Waals surface area contributed by atoms with Gasteiger partial charge in [-0.15, -0.1) is 0 Å². The van der Waals surface area contributed by atoms with Gasteiger partial charge in [0.1, 0.15) is 5.75 Å². The van der Waals surface area contributed by atoms with Crippen molar-refractivity contribution in [3.05, 3.63) is 42.0 Å². The van der Waals surface area contributed by atoms with Crippen LogP contribution >= 0.6 is 0 Å². The van der Waals surface area contributed by atoms with Crippen LogP contribution in [0.2, 0.25) is 0 Å². The summed E-state index contributed by atoms with van der Waals surface area (Å²) in [6.07, 6.45) is 6.03. The molecule has 0 radical (unpaired) electrons. The molecule has 1 fully saturated rings. The summed E-state index contributed by atoms with van der Waals surface area (Å²) in [4.78, 5) is 0. The van der Waals surface area contributed by atoms with Crippen LogP contribution in [0.3, 0.4) is 0 Å². The second kappa shape index (κ2) is 5.84. The van der Waals surface area contributed by atoms with Crippen molar-refractivity contribution in [1.29, 1.82) is 0 Å². The van der Waals surface area contributed by atoms with Crippen LogP contribution in [0.1, 0.15) is 31.2 Å². The molecule has 3 rings (SSSR count). The smallest absolute Gasteiger partial charge is 0.122 e. The van der Waals surface area contributed by atoms with Gasteiger partial charge >= 0.3 is 0 Å². The molecular weight excluding hydrogens is 246 g/mol. The SMILES string of the molecule is COc1ccc2ccccc2c1CC1CCCCC1N. The van der Waals surface area contributed by atoms with Gasteiger partial charge < -0.3 is 10.5 Å². The molecule has 0 aromatic heterocycles. The molecule has 2 heteroatoms. The lowest BCUT2D eigenvalue weighted by atomic mass is 9.80. The summed E-state index contributed by atoms with van der Waals surface area (Å²) >= 11 is 0. The highest BCUT2D eigenvalue weighted by Crippen LogP contribution is 2.34. The Morgan fingerprint density at radius 1 is 1.10 bits per heavy atom. The average Bonchev–Trinajstić information content (AvgIpc) is 2.50. The molecule has 0 saturated heterocycles. The third-order valence-corrected chi connectivity index (χ3v) is 4.65. The van der Waals surface area contributed by atoms with Crippen molar-refractivity contribution in [2.24, 2.45) is 11.7 Å². The van der Waals surface area contributed by atoms with E-state index < -0.39 is 0 Å². The van der Waals surface area contributed by atoms with E-state index in [0.717, 1.165) is 18.6 Å². The summed E-state index contributed by atoms with van der Waals surface area (Å²) in [5.74, 6) is 1.59. The average molecular weight is 269 g/mol. The van der Waals surface area contributed by atoms with Crippen LogP contribution in [0, 0.1) is 5.92 Å². The van der Waals surface area contributed by atoms with E-state index in [0.29, 0.717) is 12.0 Å². The van der Waals surface area contributed by atoms with Gasteiger partial charge in [0.05, 0.1) is 7.11 Å². The third-order valence-electron chi connectivity index (χ3n) is 4.65. The third kappa shape index (κ3) is 2.53. The van der Waals surface area contributed by atoms with E-state index in [2.05, 4.69) is 36.4 Å². The Hall–Kier alpha value is -1.54. The lowest BCUT2D eigenvalue weighted by molar-refractivity contribution is 0.303. The Morgan fingerprint density at radius 3 is 2.70 bits per heavy atom. The van der Waals surface area contributed by atoms with E-state index in [4.69, 9.17) is 10.5 Å². The second-order valence-electron chi connectivity index (χ2n) is 5.88. The molecule has 20 heavy (non-hydrogen) atoms. The van der Waals surface area contributed by atoms with Crippen LogP contribution in [0.4, 0.5) is 0 Å². The molecule has 2 unspecified atom stereocenters. The zero-order chi connectivity index (χ0) is 13.9. The largest absolute Gasteiger partial charge is 0.496 e.